The molecule has 0 saturated carbocycles. The zero-order valence-corrected chi connectivity index (χ0v) is 17.2. The first kappa shape index (κ1) is 22.1. The van der Waals surface area contributed by atoms with Crippen LogP contribution in [0.25, 0.3) is 0 Å². The number of hydrogen-bond acceptors (Lipinski definition) is 7. The molecule has 1 aliphatic heterocycles. The molecule has 4 N–H and O–H groups in total. The Hall–Kier alpha value is -2.18. The van der Waals surface area contributed by atoms with Gasteiger partial charge in [0.05, 0.1) is 37.1 Å². The Balaban J connectivity index is 2.03. The number of β-amino-alcohol motifs (C(OH)–C–C–N with tert-alkyl or cyclic N) is 1. The highest BCUT2D eigenvalue weighted by molar-refractivity contribution is 5.83. The van der Waals surface area contributed by atoms with E-state index in [0.717, 1.165) is 5.56 Å². The van der Waals surface area contributed by atoms with Crippen molar-refractivity contribution in [3.05, 3.63) is 29.3 Å². The summed E-state index contributed by atoms with van der Waals surface area (Å²) in [5.74, 6) is 0.581. The largest absolute Gasteiger partial charge is 0.496 e. The number of benzene rings is 1. The second-order valence-corrected chi connectivity index (χ2v) is 8.12. The van der Waals surface area contributed by atoms with Gasteiger partial charge in [-0.25, -0.2) is 5.43 Å². The predicted octanol–water partition coefficient (Wildman–Crippen LogP) is 0.714. The fraction of sp³-hybridized carbons (Fsp3) is 0.600. The number of likely N-dealkylation sites (tertiary alicyclic amines) is 1. The van der Waals surface area contributed by atoms with Crippen molar-refractivity contribution in [1.82, 2.24) is 21.1 Å². The molecule has 1 amide bonds. The molecule has 1 aromatic rings. The minimum atomic E-state index is -0.565. The smallest absolute Gasteiger partial charge is 0.241 e. The first-order valence-electron chi connectivity index (χ1n) is 9.42. The number of ether oxygens (including phenoxy) is 1. The molecule has 0 radical (unpaired) electrons. The molecule has 1 saturated heterocycles. The highest BCUT2D eigenvalue weighted by atomic mass is 16.5. The molecule has 28 heavy (non-hydrogen) atoms. The average molecular weight is 390 g/mol. The number of carbonyl (C=O) groups is 1. The summed E-state index contributed by atoms with van der Waals surface area (Å²) in [7, 11) is 3.34. The number of amides is 1. The summed E-state index contributed by atoms with van der Waals surface area (Å²) in [6, 6.07) is 6.99. The lowest BCUT2D eigenvalue weighted by Crippen LogP contribution is -2.57. The summed E-state index contributed by atoms with van der Waals surface area (Å²) in [5.41, 5.74) is 7.44. The third kappa shape index (κ3) is 5.20. The van der Waals surface area contributed by atoms with E-state index in [0.29, 0.717) is 30.8 Å². The van der Waals surface area contributed by atoms with Gasteiger partial charge in [-0.3, -0.25) is 10.2 Å². The third-order valence-corrected chi connectivity index (χ3v) is 4.93. The van der Waals surface area contributed by atoms with Gasteiger partial charge in [-0.15, -0.1) is 0 Å². The van der Waals surface area contributed by atoms with Crippen molar-refractivity contribution in [1.29, 1.82) is 5.26 Å². The Morgan fingerprint density at radius 3 is 2.75 bits per heavy atom. The van der Waals surface area contributed by atoms with Gasteiger partial charge in [0.25, 0.3) is 0 Å². The summed E-state index contributed by atoms with van der Waals surface area (Å²) >= 11 is 0. The molecule has 154 valence electrons. The van der Waals surface area contributed by atoms with Crippen molar-refractivity contribution >= 4 is 5.91 Å². The molecule has 0 spiro atoms. The Labute approximate surface area is 166 Å². The van der Waals surface area contributed by atoms with E-state index in [1.165, 1.54) is 0 Å². The molecular formula is C20H31N5O3. The summed E-state index contributed by atoms with van der Waals surface area (Å²) in [5, 5.41) is 22.2. The number of aliphatic hydroxyl groups is 1. The van der Waals surface area contributed by atoms with E-state index >= 15 is 0 Å². The second-order valence-electron chi connectivity index (χ2n) is 8.12. The Bertz CT molecular complexity index is 726. The van der Waals surface area contributed by atoms with E-state index in [-0.39, 0.29) is 23.5 Å². The molecule has 1 aliphatic rings. The molecule has 2 rings (SSSR count). The zero-order valence-electron chi connectivity index (χ0n) is 17.2. The highest BCUT2D eigenvalue weighted by Gasteiger charge is 2.40. The van der Waals surface area contributed by atoms with Crippen molar-refractivity contribution in [3.8, 4) is 11.8 Å². The van der Waals surface area contributed by atoms with Crippen LogP contribution in [0.1, 0.15) is 38.3 Å². The number of aliphatic hydroxyl groups excluding tert-OH is 1. The van der Waals surface area contributed by atoms with Crippen LogP contribution in [0.15, 0.2) is 18.2 Å². The molecule has 1 aromatic carbocycles. The number of nitrogens with zero attached hydrogens (tertiary/aromatic N) is 2. The molecule has 3 atom stereocenters. The van der Waals surface area contributed by atoms with Gasteiger partial charge in [0.15, 0.2) is 0 Å². The van der Waals surface area contributed by atoms with E-state index < -0.39 is 6.10 Å². The summed E-state index contributed by atoms with van der Waals surface area (Å²) in [4.78, 5) is 14.7. The summed E-state index contributed by atoms with van der Waals surface area (Å²) in [6.07, 6.45) is -0.431. The van der Waals surface area contributed by atoms with E-state index in [2.05, 4.69) is 22.2 Å². The lowest BCUT2D eigenvalue weighted by atomic mass is 9.86. The van der Waals surface area contributed by atoms with Crippen molar-refractivity contribution < 1.29 is 14.6 Å². The van der Waals surface area contributed by atoms with Gasteiger partial charge in [0.2, 0.25) is 5.91 Å². The van der Waals surface area contributed by atoms with Gasteiger partial charge in [0.1, 0.15) is 5.75 Å². The molecule has 0 aliphatic carbocycles. The lowest BCUT2D eigenvalue weighted by molar-refractivity contribution is -0.137. The maximum atomic E-state index is 13.0. The fourth-order valence-electron chi connectivity index (χ4n) is 3.51. The Kier molecular flexibility index (Phi) is 7.38. The van der Waals surface area contributed by atoms with Crippen molar-refractivity contribution in [2.45, 2.75) is 52.0 Å². The number of carbonyl (C=O) groups excluding carboxylic acids is 1. The highest BCUT2D eigenvalue weighted by Crippen LogP contribution is 2.25. The van der Waals surface area contributed by atoms with Gasteiger partial charge in [0, 0.05) is 25.1 Å². The standard InChI is InChI=1S/C20H31N5O3/c1-20(2,3)18(22-4)19(27)25-12-15(26)9-17(25)24-23-11-14-7-6-13(10-21)8-16(14)28-5/h6-8,15,17-18,22-24,26H,9,11-12H2,1-5H3/t15-,17+,18-/m1/s1. The van der Waals surface area contributed by atoms with Crippen LogP contribution in [0.3, 0.4) is 0 Å². The molecular weight excluding hydrogens is 358 g/mol. The number of hydrogen-bond donors (Lipinski definition) is 4. The fourth-order valence-corrected chi connectivity index (χ4v) is 3.51. The third-order valence-electron chi connectivity index (χ3n) is 4.93. The van der Waals surface area contributed by atoms with Crippen LogP contribution in [0.4, 0.5) is 0 Å². The number of methoxy groups -OCH3 is 1. The Morgan fingerprint density at radius 2 is 2.18 bits per heavy atom. The van der Waals surface area contributed by atoms with Crippen LogP contribution in [0, 0.1) is 16.7 Å². The first-order valence-corrected chi connectivity index (χ1v) is 9.42. The lowest BCUT2D eigenvalue weighted by Gasteiger charge is -2.35. The maximum Gasteiger partial charge on any atom is 0.241 e. The predicted molar refractivity (Wildman–Crippen MR) is 106 cm³/mol. The molecule has 0 aromatic heterocycles. The SMILES string of the molecule is CN[C@H](C(=O)N1C[C@H](O)C[C@H]1NNCc1ccc(C#N)cc1OC)C(C)(C)C. The van der Waals surface area contributed by atoms with Crippen LogP contribution >= 0.6 is 0 Å². The number of nitrogens with one attached hydrogen (secondary N) is 3. The average Bonchev–Trinajstić information content (AvgIpc) is 3.01. The van der Waals surface area contributed by atoms with E-state index in [1.54, 1.807) is 31.2 Å². The zero-order chi connectivity index (χ0) is 20.9. The normalized spacial score (nSPS) is 20.7. The molecule has 1 heterocycles. The van der Waals surface area contributed by atoms with Crippen LogP contribution in [-0.4, -0.2) is 54.9 Å². The van der Waals surface area contributed by atoms with Crippen molar-refractivity contribution in [2.24, 2.45) is 5.41 Å². The van der Waals surface area contributed by atoms with Gasteiger partial charge in [-0.1, -0.05) is 26.8 Å². The molecule has 1 fully saturated rings. The molecule has 8 heteroatoms. The Morgan fingerprint density at radius 1 is 1.46 bits per heavy atom. The number of rotatable bonds is 7. The van der Waals surface area contributed by atoms with Crippen molar-refractivity contribution in [3.63, 3.8) is 0 Å². The minimum absolute atomic E-state index is 0.0400. The van der Waals surface area contributed by atoms with Crippen LogP contribution in [-0.2, 0) is 11.3 Å². The van der Waals surface area contributed by atoms with E-state index in [4.69, 9.17) is 10.00 Å². The topological polar surface area (TPSA) is 110 Å². The van der Waals surface area contributed by atoms with Crippen LogP contribution < -0.4 is 20.9 Å². The quantitative estimate of drug-likeness (QED) is 0.509. The van der Waals surface area contributed by atoms with Gasteiger partial charge in [-0.05, 0) is 24.6 Å². The molecule has 0 unspecified atom stereocenters. The maximum absolute atomic E-state index is 13.0. The number of hydrazine groups is 1. The number of likely N-dealkylation sites (N-methyl/N-ethyl adjacent to an activating group) is 1. The first-order chi connectivity index (χ1) is 13.2. The van der Waals surface area contributed by atoms with Gasteiger partial charge < -0.3 is 20.1 Å². The van der Waals surface area contributed by atoms with Gasteiger partial charge >= 0.3 is 0 Å². The molecule has 0 bridgehead atoms. The summed E-state index contributed by atoms with van der Waals surface area (Å²) < 4.78 is 5.34. The monoisotopic (exact) mass is 389 g/mol. The summed E-state index contributed by atoms with van der Waals surface area (Å²) in [6.45, 7) is 6.77. The van der Waals surface area contributed by atoms with Crippen LogP contribution in [0.5, 0.6) is 5.75 Å². The van der Waals surface area contributed by atoms with E-state index in [1.807, 2.05) is 26.8 Å². The minimum Gasteiger partial charge on any atom is -0.496 e. The second kappa shape index (κ2) is 9.34. The van der Waals surface area contributed by atoms with Crippen LogP contribution in [0.2, 0.25) is 0 Å². The van der Waals surface area contributed by atoms with E-state index in [9.17, 15) is 9.90 Å². The molecule has 8 nitrogen and oxygen atoms in total. The van der Waals surface area contributed by atoms with Gasteiger partial charge in [-0.2, -0.15) is 5.26 Å². The number of nitriles is 1. The van der Waals surface area contributed by atoms with Crippen molar-refractivity contribution in [2.75, 3.05) is 20.7 Å².